The van der Waals surface area contributed by atoms with Gasteiger partial charge in [0.05, 0.1) is 21.9 Å². The standard InChI is InChI=1S/C18H19Cl2N5O2/c1-24(2)17(27)11-5-6-12(19)14(9-11)22-16(26)15-13(20)10-21-18(23-15)25-7-3-4-8-25/h5-6,9-10H,3-4,7-8H2,1-2H3,(H,22,26). The highest BCUT2D eigenvalue weighted by Crippen LogP contribution is 2.26. The van der Waals surface area contributed by atoms with E-state index in [4.69, 9.17) is 23.2 Å². The van der Waals surface area contributed by atoms with Gasteiger partial charge in [0, 0.05) is 32.7 Å². The lowest BCUT2D eigenvalue weighted by Gasteiger charge is -2.16. The van der Waals surface area contributed by atoms with E-state index in [9.17, 15) is 9.59 Å². The van der Waals surface area contributed by atoms with Crippen LogP contribution in [-0.4, -0.2) is 53.9 Å². The Morgan fingerprint density at radius 3 is 2.52 bits per heavy atom. The molecule has 2 heterocycles. The Kier molecular flexibility index (Phi) is 5.82. The molecule has 0 unspecified atom stereocenters. The highest BCUT2D eigenvalue weighted by molar-refractivity contribution is 6.35. The van der Waals surface area contributed by atoms with Crippen LogP contribution < -0.4 is 10.2 Å². The van der Waals surface area contributed by atoms with Crippen LogP contribution in [0.5, 0.6) is 0 Å². The molecule has 1 saturated heterocycles. The molecule has 2 aromatic rings. The zero-order chi connectivity index (χ0) is 19.6. The molecule has 0 bridgehead atoms. The summed E-state index contributed by atoms with van der Waals surface area (Å²) >= 11 is 12.3. The van der Waals surface area contributed by atoms with Crippen molar-refractivity contribution in [2.75, 3.05) is 37.4 Å². The quantitative estimate of drug-likeness (QED) is 0.840. The Balaban J connectivity index is 1.86. The molecule has 1 aromatic heterocycles. The monoisotopic (exact) mass is 407 g/mol. The number of rotatable bonds is 4. The predicted octanol–water partition coefficient (Wildman–Crippen LogP) is 3.34. The second-order valence-corrected chi connectivity index (χ2v) is 7.22. The Morgan fingerprint density at radius 1 is 1.15 bits per heavy atom. The van der Waals surface area contributed by atoms with Crippen molar-refractivity contribution in [3.63, 3.8) is 0 Å². The maximum Gasteiger partial charge on any atom is 0.276 e. The van der Waals surface area contributed by atoms with E-state index in [1.807, 2.05) is 4.90 Å². The summed E-state index contributed by atoms with van der Waals surface area (Å²) in [5.41, 5.74) is 0.784. The molecule has 27 heavy (non-hydrogen) atoms. The van der Waals surface area contributed by atoms with Crippen LogP contribution in [-0.2, 0) is 0 Å². The van der Waals surface area contributed by atoms with E-state index in [1.54, 1.807) is 26.2 Å². The summed E-state index contributed by atoms with van der Waals surface area (Å²) in [5, 5.41) is 3.14. The van der Waals surface area contributed by atoms with Gasteiger partial charge in [-0.15, -0.1) is 0 Å². The maximum absolute atomic E-state index is 12.7. The molecular formula is C18H19Cl2N5O2. The van der Waals surface area contributed by atoms with Gasteiger partial charge in [-0.3, -0.25) is 9.59 Å². The van der Waals surface area contributed by atoms with E-state index in [2.05, 4.69) is 15.3 Å². The van der Waals surface area contributed by atoms with Crippen LogP contribution >= 0.6 is 23.2 Å². The van der Waals surface area contributed by atoms with Gasteiger partial charge in [0.15, 0.2) is 5.69 Å². The molecule has 0 atom stereocenters. The first kappa shape index (κ1) is 19.4. The molecule has 0 radical (unpaired) electrons. The molecule has 1 aromatic carbocycles. The fourth-order valence-electron chi connectivity index (χ4n) is 2.78. The van der Waals surface area contributed by atoms with E-state index in [0.29, 0.717) is 22.2 Å². The van der Waals surface area contributed by atoms with Gasteiger partial charge in [-0.1, -0.05) is 23.2 Å². The SMILES string of the molecule is CN(C)C(=O)c1ccc(Cl)c(NC(=O)c2nc(N3CCCC3)ncc2Cl)c1. The highest BCUT2D eigenvalue weighted by atomic mass is 35.5. The molecule has 2 amide bonds. The van der Waals surface area contributed by atoms with Crippen molar-refractivity contribution in [3.8, 4) is 0 Å². The molecule has 1 fully saturated rings. The zero-order valence-electron chi connectivity index (χ0n) is 15.0. The lowest BCUT2D eigenvalue weighted by molar-refractivity contribution is 0.0827. The third-order valence-electron chi connectivity index (χ3n) is 4.20. The van der Waals surface area contributed by atoms with Gasteiger partial charge in [-0.2, -0.15) is 0 Å². The predicted molar refractivity (Wildman–Crippen MR) is 106 cm³/mol. The number of hydrogen-bond donors (Lipinski definition) is 1. The molecule has 0 aliphatic carbocycles. The Bertz CT molecular complexity index is 882. The molecule has 9 heteroatoms. The fraction of sp³-hybridized carbons (Fsp3) is 0.333. The lowest BCUT2D eigenvalue weighted by atomic mass is 10.1. The molecule has 3 rings (SSSR count). The Hall–Kier alpha value is -2.38. The lowest BCUT2D eigenvalue weighted by Crippen LogP contribution is -2.23. The first-order chi connectivity index (χ1) is 12.9. The Morgan fingerprint density at radius 2 is 1.85 bits per heavy atom. The second-order valence-electron chi connectivity index (χ2n) is 6.41. The number of amides is 2. The van der Waals surface area contributed by atoms with Crippen LogP contribution in [0.4, 0.5) is 11.6 Å². The molecule has 1 aliphatic rings. The number of nitrogens with zero attached hydrogens (tertiary/aromatic N) is 4. The minimum absolute atomic E-state index is 0.0639. The topological polar surface area (TPSA) is 78.4 Å². The highest BCUT2D eigenvalue weighted by Gasteiger charge is 2.21. The minimum Gasteiger partial charge on any atom is -0.345 e. The molecule has 7 nitrogen and oxygen atoms in total. The summed E-state index contributed by atoms with van der Waals surface area (Å²) in [7, 11) is 3.30. The van der Waals surface area contributed by atoms with E-state index >= 15 is 0 Å². The summed E-state index contributed by atoms with van der Waals surface area (Å²) in [6.07, 6.45) is 3.55. The maximum atomic E-state index is 12.7. The van der Waals surface area contributed by atoms with E-state index < -0.39 is 5.91 Å². The van der Waals surface area contributed by atoms with Crippen LogP contribution in [0, 0.1) is 0 Å². The van der Waals surface area contributed by atoms with E-state index in [-0.39, 0.29) is 16.6 Å². The van der Waals surface area contributed by atoms with Crippen molar-refractivity contribution in [1.82, 2.24) is 14.9 Å². The number of hydrogen-bond acceptors (Lipinski definition) is 5. The van der Waals surface area contributed by atoms with Gasteiger partial charge < -0.3 is 15.1 Å². The average Bonchev–Trinajstić information content (AvgIpc) is 3.17. The number of aromatic nitrogens is 2. The molecular weight excluding hydrogens is 389 g/mol. The summed E-state index contributed by atoms with van der Waals surface area (Å²) in [6.45, 7) is 1.70. The van der Waals surface area contributed by atoms with Gasteiger partial charge in [-0.25, -0.2) is 9.97 Å². The molecule has 142 valence electrons. The molecule has 0 saturated carbocycles. The van der Waals surface area contributed by atoms with Crippen LogP contribution in [0.1, 0.15) is 33.7 Å². The van der Waals surface area contributed by atoms with Crippen molar-refractivity contribution < 1.29 is 9.59 Å². The van der Waals surface area contributed by atoms with Crippen molar-refractivity contribution in [3.05, 3.63) is 45.7 Å². The molecule has 1 N–H and O–H groups in total. The number of nitrogens with one attached hydrogen (secondary N) is 1. The van der Waals surface area contributed by atoms with Gasteiger partial charge in [-0.05, 0) is 31.0 Å². The van der Waals surface area contributed by atoms with Crippen molar-refractivity contribution in [2.45, 2.75) is 12.8 Å². The van der Waals surface area contributed by atoms with Crippen LogP contribution in [0.15, 0.2) is 24.4 Å². The fourth-order valence-corrected chi connectivity index (χ4v) is 3.12. The first-order valence-corrected chi connectivity index (χ1v) is 9.22. The van der Waals surface area contributed by atoms with Crippen molar-refractivity contribution >= 4 is 46.7 Å². The van der Waals surface area contributed by atoms with Gasteiger partial charge in [0.2, 0.25) is 5.95 Å². The van der Waals surface area contributed by atoms with E-state index in [0.717, 1.165) is 25.9 Å². The molecule has 0 spiro atoms. The third kappa shape index (κ3) is 4.31. The Labute approximate surface area is 167 Å². The second kappa shape index (κ2) is 8.10. The van der Waals surface area contributed by atoms with Crippen LogP contribution in [0.2, 0.25) is 10.0 Å². The summed E-state index contributed by atoms with van der Waals surface area (Å²) < 4.78 is 0. The largest absolute Gasteiger partial charge is 0.345 e. The number of halogens is 2. The number of carbonyl (C=O) groups excluding carboxylic acids is 2. The summed E-state index contributed by atoms with van der Waals surface area (Å²) in [5.74, 6) is -0.234. The number of anilines is 2. The van der Waals surface area contributed by atoms with Crippen LogP contribution in [0.3, 0.4) is 0 Å². The van der Waals surface area contributed by atoms with Gasteiger partial charge in [0.25, 0.3) is 11.8 Å². The van der Waals surface area contributed by atoms with Crippen molar-refractivity contribution in [1.29, 1.82) is 0 Å². The number of benzene rings is 1. The molecule has 1 aliphatic heterocycles. The normalized spacial score (nSPS) is 13.6. The van der Waals surface area contributed by atoms with Crippen molar-refractivity contribution in [2.24, 2.45) is 0 Å². The summed E-state index contributed by atoms with van der Waals surface area (Å²) in [6, 6.07) is 4.69. The third-order valence-corrected chi connectivity index (χ3v) is 4.81. The van der Waals surface area contributed by atoms with E-state index in [1.165, 1.54) is 17.2 Å². The minimum atomic E-state index is -0.515. The van der Waals surface area contributed by atoms with Gasteiger partial charge >= 0.3 is 0 Å². The zero-order valence-corrected chi connectivity index (χ0v) is 16.5. The first-order valence-electron chi connectivity index (χ1n) is 8.47. The smallest absolute Gasteiger partial charge is 0.276 e. The number of carbonyl (C=O) groups is 2. The summed E-state index contributed by atoms with van der Waals surface area (Å²) in [4.78, 5) is 36.8. The van der Waals surface area contributed by atoms with Crippen LogP contribution in [0.25, 0.3) is 0 Å². The van der Waals surface area contributed by atoms with Gasteiger partial charge in [0.1, 0.15) is 0 Å². The average molecular weight is 408 g/mol.